The first-order valence-corrected chi connectivity index (χ1v) is 9.10. The van der Waals surface area contributed by atoms with Gasteiger partial charge in [0.1, 0.15) is 5.82 Å². The normalized spacial score (nSPS) is 19.2. The van der Waals surface area contributed by atoms with Crippen molar-refractivity contribution in [2.24, 2.45) is 0 Å². The molecule has 1 aromatic carbocycles. The molecule has 2 heterocycles. The molecule has 1 aromatic heterocycles. The molecule has 0 saturated carbocycles. The minimum atomic E-state index is -0.903. The lowest BCUT2D eigenvalue weighted by Crippen LogP contribution is -2.43. The highest BCUT2D eigenvalue weighted by Gasteiger charge is 2.37. The summed E-state index contributed by atoms with van der Waals surface area (Å²) < 4.78 is 0. The molecule has 1 atom stereocenters. The number of aromatic amines is 1. The Morgan fingerprint density at radius 2 is 2.07 bits per heavy atom. The quantitative estimate of drug-likeness (QED) is 0.562. The summed E-state index contributed by atoms with van der Waals surface area (Å²) in [5.74, 6) is -0.459. The minimum absolute atomic E-state index is 0.0275. The maximum atomic E-state index is 12.2. The van der Waals surface area contributed by atoms with Crippen molar-refractivity contribution in [2.75, 3.05) is 0 Å². The van der Waals surface area contributed by atoms with Crippen molar-refractivity contribution < 1.29 is 19.5 Å². The smallest absolute Gasteiger partial charge is 0.303 e. The minimum Gasteiger partial charge on any atom is -0.481 e. The Labute approximate surface area is 156 Å². The van der Waals surface area contributed by atoms with Gasteiger partial charge in [-0.15, -0.1) is 0 Å². The molecule has 0 spiro atoms. The van der Waals surface area contributed by atoms with Crippen LogP contribution in [0.2, 0.25) is 0 Å². The molecule has 1 fully saturated rings. The second kappa shape index (κ2) is 7.77. The highest BCUT2D eigenvalue weighted by Crippen LogP contribution is 2.30. The van der Waals surface area contributed by atoms with Crippen molar-refractivity contribution in [3.8, 4) is 0 Å². The number of hydrogen-bond donors (Lipinski definition) is 4. The summed E-state index contributed by atoms with van der Waals surface area (Å²) in [6.07, 6.45) is 1.90. The van der Waals surface area contributed by atoms with Gasteiger partial charge >= 0.3 is 5.97 Å². The molecule has 0 aliphatic carbocycles. The molecule has 144 valence electrons. The Hall–Kier alpha value is -2.90. The molecule has 8 nitrogen and oxygen atoms in total. The largest absolute Gasteiger partial charge is 0.481 e. The average Bonchev–Trinajstić information content (AvgIpc) is 3.19. The molecule has 2 aromatic rings. The molecule has 27 heavy (non-hydrogen) atoms. The fourth-order valence-corrected chi connectivity index (χ4v) is 3.50. The fraction of sp³-hybridized carbons (Fsp3) is 0.474. The second-order valence-electron chi connectivity index (χ2n) is 7.20. The van der Waals surface area contributed by atoms with Gasteiger partial charge in [-0.2, -0.15) is 0 Å². The van der Waals surface area contributed by atoms with E-state index in [4.69, 9.17) is 5.11 Å². The summed E-state index contributed by atoms with van der Waals surface area (Å²) in [4.78, 5) is 42.3. The number of nitrogens with one attached hydrogen (secondary N) is 3. The Morgan fingerprint density at radius 1 is 1.30 bits per heavy atom. The zero-order valence-corrected chi connectivity index (χ0v) is 15.3. The SMILES string of the molecule is Cc1ccc2nc(CNC(=O)CC[C@@]3(CCC(=O)O)CCC(=O)N3)[nH]c2c1. The third-order valence-corrected chi connectivity index (χ3v) is 5.02. The first-order valence-electron chi connectivity index (χ1n) is 9.10. The highest BCUT2D eigenvalue weighted by molar-refractivity contribution is 5.80. The number of carboxylic acids is 1. The number of aliphatic carboxylic acids is 1. The van der Waals surface area contributed by atoms with E-state index < -0.39 is 11.5 Å². The number of amides is 2. The van der Waals surface area contributed by atoms with E-state index in [-0.39, 0.29) is 24.7 Å². The van der Waals surface area contributed by atoms with E-state index in [9.17, 15) is 14.4 Å². The molecule has 3 rings (SSSR count). The van der Waals surface area contributed by atoms with Gasteiger partial charge in [0.15, 0.2) is 0 Å². The molecule has 0 radical (unpaired) electrons. The van der Waals surface area contributed by atoms with Crippen LogP contribution in [0.25, 0.3) is 11.0 Å². The van der Waals surface area contributed by atoms with Crippen molar-refractivity contribution in [3.05, 3.63) is 29.6 Å². The lowest BCUT2D eigenvalue weighted by Gasteiger charge is -2.28. The summed E-state index contributed by atoms with van der Waals surface area (Å²) in [5.41, 5.74) is 2.32. The number of rotatable bonds is 8. The van der Waals surface area contributed by atoms with Crippen LogP contribution < -0.4 is 10.6 Å². The Kier molecular flexibility index (Phi) is 5.43. The summed E-state index contributed by atoms with van der Waals surface area (Å²) in [6.45, 7) is 2.30. The summed E-state index contributed by atoms with van der Waals surface area (Å²) in [6, 6.07) is 5.92. The average molecular weight is 372 g/mol. The van der Waals surface area contributed by atoms with Gasteiger partial charge in [0, 0.05) is 24.8 Å². The van der Waals surface area contributed by atoms with Gasteiger partial charge in [0.05, 0.1) is 17.6 Å². The third kappa shape index (κ3) is 4.84. The fourth-order valence-electron chi connectivity index (χ4n) is 3.50. The van der Waals surface area contributed by atoms with Gasteiger partial charge in [-0.25, -0.2) is 4.98 Å². The number of carbonyl (C=O) groups excluding carboxylic acids is 2. The number of imidazole rings is 1. The molecule has 2 amide bonds. The van der Waals surface area contributed by atoms with Crippen molar-refractivity contribution in [2.45, 2.75) is 57.5 Å². The van der Waals surface area contributed by atoms with Crippen molar-refractivity contribution in [1.82, 2.24) is 20.6 Å². The monoisotopic (exact) mass is 372 g/mol. The highest BCUT2D eigenvalue weighted by atomic mass is 16.4. The number of hydrogen-bond acceptors (Lipinski definition) is 4. The topological polar surface area (TPSA) is 124 Å². The predicted molar refractivity (Wildman–Crippen MR) is 98.9 cm³/mol. The lowest BCUT2D eigenvalue weighted by molar-refractivity contribution is -0.137. The van der Waals surface area contributed by atoms with Gasteiger partial charge in [-0.05, 0) is 43.9 Å². The van der Waals surface area contributed by atoms with Crippen LogP contribution in [0.4, 0.5) is 0 Å². The number of benzene rings is 1. The first kappa shape index (κ1) is 18.9. The van der Waals surface area contributed by atoms with Crippen molar-refractivity contribution in [3.63, 3.8) is 0 Å². The number of H-pyrrole nitrogens is 1. The van der Waals surface area contributed by atoms with E-state index >= 15 is 0 Å². The zero-order valence-electron chi connectivity index (χ0n) is 15.3. The summed E-state index contributed by atoms with van der Waals surface area (Å²) in [7, 11) is 0. The number of carbonyl (C=O) groups is 3. The Balaban J connectivity index is 1.53. The van der Waals surface area contributed by atoms with Crippen LogP contribution in [0.1, 0.15) is 49.9 Å². The van der Waals surface area contributed by atoms with Crippen LogP contribution >= 0.6 is 0 Å². The predicted octanol–water partition coefficient (Wildman–Crippen LogP) is 1.78. The maximum absolute atomic E-state index is 12.2. The molecule has 8 heteroatoms. The van der Waals surface area contributed by atoms with Crippen LogP contribution in [-0.2, 0) is 20.9 Å². The number of nitrogens with zero attached hydrogens (tertiary/aromatic N) is 1. The first-order chi connectivity index (χ1) is 12.8. The molecule has 1 aliphatic rings. The van der Waals surface area contributed by atoms with E-state index in [0.29, 0.717) is 38.1 Å². The summed E-state index contributed by atoms with van der Waals surface area (Å²) in [5, 5.41) is 14.6. The molecule has 1 saturated heterocycles. The molecular weight excluding hydrogens is 348 g/mol. The molecule has 0 bridgehead atoms. The van der Waals surface area contributed by atoms with Gasteiger partial charge in [-0.3, -0.25) is 14.4 Å². The molecular formula is C19H24N4O4. The zero-order chi connectivity index (χ0) is 19.4. The Morgan fingerprint density at radius 3 is 2.78 bits per heavy atom. The summed E-state index contributed by atoms with van der Waals surface area (Å²) >= 11 is 0. The van der Waals surface area contributed by atoms with Gasteiger partial charge in [-0.1, -0.05) is 6.07 Å². The van der Waals surface area contributed by atoms with Crippen LogP contribution in [-0.4, -0.2) is 38.4 Å². The number of fused-ring (bicyclic) bond motifs is 1. The van der Waals surface area contributed by atoms with Crippen molar-refractivity contribution in [1.29, 1.82) is 0 Å². The van der Waals surface area contributed by atoms with E-state index in [1.165, 1.54) is 0 Å². The van der Waals surface area contributed by atoms with Crippen LogP contribution in [0.3, 0.4) is 0 Å². The molecule has 4 N–H and O–H groups in total. The Bertz CT molecular complexity index is 876. The van der Waals surface area contributed by atoms with Gasteiger partial charge in [0.2, 0.25) is 11.8 Å². The molecule has 0 unspecified atom stereocenters. The van der Waals surface area contributed by atoms with Crippen LogP contribution in [0, 0.1) is 6.92 Å². The van der Waals surface area contributed by atoms with E-state index in [0.717, 1.165) is 16.6 Å². The number of aryl methyl sites for hydroxylation is 1. The standard InChI is InChI=1S/C19H24N4O4/c1-12-2-3-13-14(10-12)22-15(21-13)11-20-16(24)4-7-19(9-6-18(26)27)8-5-17(25)23-19/h2-3,10H,4-9,11H2,1H3,(H,20,24)(H,21,22)(H,23,25)(H,26,27)/t19-/m0/s1. The molecule has 1 aliphatic heterocycles. The number of aromatic nitrogens is 2. The van der Waals surface area contributed by atoms with Crippen LogP contribution in [0.15, 0.2) is 18.2 Å². The van der Waals surface area contributed by atoms with E-state index in [2.05, 4.69) is 20.6 Å². The number of carboxylic acid groups (broad SMARTS) is 1. The second-order valence-corrected chi connectivity index (χ2v) is 7.20. The van der Waals surface area contributed by atoms with Crippen LogP contribution in [0.5, 0.6) is 0 Å². The maximum Gasteiger partial charge on any atom is 0.303 e. The van der Waals surface area contributed by atoms with Gasteiger partial charge in [0.25, 0.3) is 0 Å². The third-order valence-electron chi connectivity index (χ3n) is 5.02. The lowest BCUT2D eigenvalue weighted by atomic mass is 9.86. The van der Waals surface area contributed by atoms with Gasteiger partial charge < -0.3 is 20.7 Å². The van der Waals surface area contributed by atoms with E-state index in [1.807, 2.05) is 25.1 Å². The van der Waals surface area contributed by atoms with E-state index in [1.54, 1.807) is 0 Å². The van der Waals surface area contributed by atoms with Crippen molar-refractivity contribution >= 4 is 28.8 Å².